The van der Waals surface area contributed by atoms with E-state index in [9.17, 15) is 13.2 Å². The van der Waals surface area contributed by atoms with Crippen LogP contribution in [0.5, 0.6) is 11.5 Å². The fraction of sp³-hybridized carbons (Fsp3) is 0.154. The molecule has 34 heavy (non-hydrogen) atoms. The molecule has 0 amide bonds. The van der Waals surface area contributed by atoms with Crippen LogP contribution >= 0.6 is 0 Å². The molecule has 7 nitrogen and oxygen atoms in total. The molecule has 0 atom stereocenters. The first-order valence-corrected chi connectivity index (χ1v) is 12.3. The Morgan fingerprint density at radius 3 is 1.94 bits per heavy atom. The van der Waals surface area contributed by atoms with Crippen molar-refractivity contribution in [2.75, 3.05) is 18.5 Å². The fourth-order valence-corrected chi connectivity index (χ4v) is 4.51. The minimum atomic E-state index is -4.03. The molecule has 174 valence electrons. The molecule has 0 bridgehead atoms. The molecule has 0 heterocycles. The first-order valence-electron chi connectivity index (χ1n) is 10.8. The van der Waals surface area contributed by atoms with E-state index in [-0.39, 0.29) is 22.1 Å². The lowest BCUT2D eigenvalue weighted by Gasteiger charge is -2.19. The second kappa shape index (κ2) is 9.93. The van der Waals surface area contributed by atoms with E-state index < -0.39 is 10.0 Å². The highest BCUT2D eigenvalue weighted by Gasteiger charge is 2.26. The largest absolute Gasteiger partial charge is 0.494 e. The highest BCUT2D eigenvalue weighted by atomic mass is 32.2. The molecule has 3 aromatic rings. The molecule has 1 aliphatic rings. The van der Waals surface area contributed by atoms with Crippen LogP contribution in [-0.2, 0) is 10.0 Å². The molecule has 4 rings (SSSR count). The third kappa shape index (κ3) is 5.02. The van der Waals surface area contributed by atoms with Crippen LogP contribution in [0.25, 0.3) is 0 Å². The summed E-state index contributed by atoms with van der Waals surface area (Å²) < 4.78 is 41.0. The normalized spacial score (nSPS) is 14.4. The van der Waals surface area contributed by atoms with Gasteiger partial charge in [-0.3, -0.25) is 4.79 Å². The van der Waals surface area contributed by atoms with Crippen LogP contribution < -0.4 is 14.8 Å². The number of nitrogens with one attached hydrogen (secondary N) is 1. The summed E-state index contributed by atoms with van der Waals surface area (Å²) in [5, 5.41) is 3.08. The Balaban J connectivity index is 1.71. The molecule has 0 saturated heterocycles. The molecule has 0 fully saturated rings. The topological polar surface area (TPSA) is 94.1 Å². The first kappa shape index (κ1) is 23.3. The molecule has 0 aliphatic heterocycles. The quantitative estimate of drug-likeness (QED) is 0.499. The van der Waals surface area contributed by atoms with Crippen LogP contribution in [0.3, 0.4) is 0 Å². The van der Waals surface area contributed by atoms with Gasteiger partial charge in [0.2, 0.25) is 5.78 Å². The van der Waals surface area contributed by atoms with Crippen molar-refractivity contribution in [1.82, 2.24) is 0 Å². The maximum absolute atomic E-state index is 13.1. The Morgan fingerprint density at radius 1 is 0.794 bits per heavy atom. The summed E-state index contributed by atoms with van der Waals surface area (Å²) in [4.78, 5) is 13.1. The SMILES string of the molecule is CCOc1ccc(NC2=C/C(=N/S(=O)(=O)c3ccc(OCC)cc3)c3ccccc3C2=O)cc1. The molecule has 0 radical (unpaired) electrons. The zero-order valence-electron chi connectivity index (χ0n) is 18.8. The number of Topliss-reactive ketones (excluding diaryl/α,β-unsaturated/α-hetero) is 1. The van der Waals surface area contributed by atoms with Crippen LogP contribution in [0.1, 0.15) is 29.8 Å². The van der Waals surface area contributed by atoms with Gasteiger partial charge in [0.1, 0.15) is 11.5 Å². The predicted molar refractivity (Wildman–Crippen MR) is 131 cm³/mol. The highest BCUT2D eigenvalue weighted by Crippen LogP contribution is 2.26. The number of allylic oxidation sites excluding steroid dienone is 2. The van der Waals surface area contributed by atoms with Crippen molar-refractivity contribution >= 4 is 27.2 Å². The molecule has 1 N–H and O–H groups in total. The summed E-state index contributed by atoms with van der Waals surface area (Å²) in [5.41, 5.74) is 1.90. The average molecular weight is 477 g/mol. The van der Waals surface area contributed by atoms with E-state index >= 15 is 0 Å². The third-order valence-electron chi connectivity index (χ3n) is 5.07. The van der Waals surface area contributed by atoms with Gasteiger partial charge in [0.05, 0.1) is 29.5 Å². The lowest BCUT2D eigenvalue weighted by Crippen LogP contribution is -2.22. The first-order chi connectivity index (χ1) is 16.4. The van der Waals surface area contributed by atoms with Gasteiger partial charge in [0.15, 0.2) is 0 Å². The number of anilines is 1. The molecule has 1 aliphatic carbocycles. The number of hydrogen-bond donors (Lipinski definition) is 1. The van der Waals surface area contributed by atoms with Crippen molar-refractivity contribution < 1.29 is 22.7 Å². The number of carbonyl (C=O) groups is 1. The minimum absolute atomic E-state index is 0.0345. The van der Waals surface area contributed by atoms with Crippen molar-refractivity contribution in [3.63, 3.8) is 0 Å². The number of sulfonamides is 1. The zero-order valence-corrected chi connectivity index (χ0v) is 19.6. The van der Waals surface area contributed by atoms with Crippen LogP contribution in [0.2, 0.25) is 0 Å². The van der Waals surface area contributed by atoms with Gasteiger partial charge in [-0.1, -0.05) is 24.3 Å². The van der Waals surface area contributed by atoms with Gasteiger partial charge in [0.25, 0.3) is 10.0 Å². The number of nitrogens with zero attached hydrogens (tertiary/aromatic N) is 1. The number of benzene rings is 3. The second-order valence-corrected chi connectivity index (χ2v) is 8.98. The van der Waals surface area contributed by atoms with E-state index in [0.717, 1.165) is 0 Å². The average Bonchev–Trinajstić information content (AvgIpc) is 2.84. The molecule has 0 saturated carbocycles. The summed E-state index contributed by atoms with van der Waals surface area (Å²) in [7, 11) is -4.03. The summed E-state index contributed by atoms with van der Waals surface area (Å²) in [6.45, 7) is 4.78. The Morgan fingerprint density at radius 2 is 1.35 bits per heavy atom. The van der Waals surface area contributed by atoms with Crippen molar-refractivity contribution in [1.29, 1.82) is 0 Å². The number of rotatable bonds is 8. The highest BCUT2D eigenvalue weighted by molar-refractivity contribution is 7.90. The van der Waals surface area contributed by atoms with Crippen molar-refractivity contribution in [2.24, 2.45) is 4.40 Å². The standard InChI is InChI=1S/C26H24N2O5S/c1-3-32-19-11-9-18(10-12-19)27-25-17-24(22-7-5-6-8-23(22)26(25)29)28-34(30,31)21-15-13-20(14-16-21)33-4-2/h5-17,27H,3-4H2,1-2H3/b28-24-. The van der Waals surface area contributed by atoms with E-state index in [1.165, 1.54) is 18.2 Å². The Hall–Kier alpha value is -3.91. The van der Waals surface area contributed by atoms with Crippen molar-refractivity contribution in [2.45, 2.75) is 18.7 Å². The van der Waals surface area contributed by atoms with Crippen LogP contribution in [0, 0.1) is 0 Å². The van der Waals surface area contributed by atoms with Gasteiger partial charge in [0, 0.05) is 16.8 Å². The van der Waals surface area contributed by atoms with Gasteiger partial charge >= 0.3 is 0 Å². The lowest BCUT2D eigenvalue weighted by atomic mass is 9.92. The molecular weight excluding hydrogens is 452 g/mol. The van der Waals surface area contributed by atoms with Gasteiger partial charge in [-0.2, -0.15) is 12.8 Å². The Kier molecular flexibility index (Phi) is 6.79. The number of ether oxygens (including phenoxy) is 2. The number of ketones is 1. The third-order valence-corrected chi connectivity index (χ3v) is 6.37. The van der Waals surface area contributed by atoms with E-state index in [1.807, 2.05) is 13.8 Å². The molecule has 0 spiro atoms. The van der Waals surface area contributed by atoms with E-state index in [1.54, 1.807) is 60.7 Å². The van der Waals surface area contributed by atoms with Gasteiger partial charge in [-0.25, -0.2) is 0 Å². The monoisotopic (exact) mass is 476 g/mol. The molecule has 0 unspecified atom stereocenters. The molecular formula is C26H24N2O5S. The van der Waals surface area contributed by atoms with E-state index in [4.69, 9.17) is 9.47 Å². The summed E-state index contributed by atoms with van der Waals surface area (Å²) in [6.07, 6.45) is 1.47. The fourth-order valence-electron chi connectivity index (χ4n) is 3.51. The predicted octanol–water partition coefficient (Wildman–Crippen LogP) is 4.85. The molecule has 3 aromatic carbocycles. The Labute approximate surface area is 198 Å². The minimum Gasteiger partial charge on any atom is -0.494 e. The molecule has 0 aromatic heterocycles. The van der Waals surface area contributed by atoms with Crippen molar-refractivity contribution in [3.8, 4) is 11.5 Å². The van der Waals surface area contributed by atoms with Crippen LogP contribution in [0.15, 0.2) is 93.9 Å². The number of carbonyl (C=O) groups excluding carboxylic acids is 1. The summed E-state index contributed by atoms with van der Waals surface area (Å²) in [6, 6.07) is 20.0. The van der Waals surface area contributed by atoms with Gasteiger partial charge in [-0.05, 0) is 68.5 Å². The second-order valence-electron chi connectivity index (χ2n) is 7.37. The van der Waals surface area contributed by atoms with Crippen LogP contribution in [-0.4, -0.2) is 33.1 Å². The van der Waals surface area contributed by atoms with E-state index in [0.29, 0.717) is 41.5 Å². The summed E-state index contributed by atoms with van der Waals surface area (Å²) in [5.74, 6) is 1.04. The maximum Gasteiger partial charge on any atom is 0.282 e. The molecule has 8 heteroatoms. The number of hydrogen-bond acceptors (Lipinski definition) is 6. The smallest absolute Gasteiger partial charge is 0.282 e. The summed E-state index contributed by atoms with van der Waals surface area (Å²) >= 11 is 0. The van der Waals surface area contributed by atoms with Gasteiger partial charge in [-0.15, -0.1) is 0 Å². The van der Waals surface area contributed by atoms with Crippen LogP contribution in [0.4, 0.5) is 5.69 Å². The zero-order chi connectivity index (χ0) is 24.1. The maximum atomic E-state index is 13.1. The lowest BCUT2D eigenvalue weighted by molar-refractivity contribution is 0.103. The van der Waals surface area contributed by atoms with Crippen molar-refractivity contribution in [3.05, 3.63) is 95.7 Å². The van der Waals surface area contributed by atoms with Gasteiger partial charge < -0.3 is 14.8 Å². The van der Waals surface area contributed by atoms with E-state index in [2.05, 4.69) is 9.71 Å². The number of fused-ring (bicyclic) bond motifs is 1. The Bertz CT molecular complexity index is 1360.